The van der Waals surface area contributed by atoms with Crippen LogP contribution < -0.4 is 4.74 Å². The molecule has 0 bridgehead atoms. The summed E-state index contributed by atoms with van der Waals surface area (Å²) in [5.74, 6) is 0.580. The minimum absolute atomic E-state index is 0.0489. The molecule has 0 radical (unpaired) electrons. The number of likely N-dealkylation sites (N-methyl/N-ethyl adjacent to an activating group) is 1. The van der Waals surface area contributed by atoms with Gasteiger partial charge in [0.1, 0.15) is 11.5 Å². The number of aromatic hydroxyl groups is 1. The van der Waals surface area contributed by atoms with Crippen molar-refractivity contribution < 1.29 is 14.6 Å². The Morgan fingerprint density at radius 1 is 1.06 bits per heavy atom. The molecular weight excluding hydrogens is 402 g/mol. The zero-order chi connectivity index (χ0) is 22.8. The van der Waals surface area contributed by atoms with E-state index in [-0.39, 0.29) is 17.8 Å². The number of benzene rings is 2. The number of phenolic OH excluding ortho intramolecular Hbond substituents is 1. The van der Waals surface area contributed by atoms with Gasteiger partial charge < -0.3 is 19.6 Å². The van der Waals surface area contributed by atoms with E-state index in [1.807, 2.05) is 25.7 Å². The van der Waals surface area contributed by atoms with E-state index in [0.29, 0.717) is 30.8 Å². The highest BCUT2D eigenvalue weighted by Crippen LogP contribution is 2.33. The molecule has 1 saturated heterocycles. The summed E-state index contributed by atoms with van der Waals surface area (Å²) in [4.78, 5) is 20.2. The Balaban J connectivity index is 1.50. The van der Waals surface area contributed by atoms with Crippen molar-refractivity contribution >= 4 is 5.91 Å². The quantitative estimate of drug-likeness (QED) is 0.748. The third-order valence-electron chi connectivity index (χ3n) is 6.44. The maximum Gasteiger partial charge on any atom is 0.258 e. The molecule has 2 heterocycles. The Bertz CT molecular complexity index is 981. The van der Waals surface area contributed by atoms with Crippen molar-refractivity contribution in [2.24, 2.45) is 0 Å². The van der Waals surface area contributed by atoms with E-state index < -0.39 is 0 Å². The van der Waals surface area contributed by atoms with E-state index in [9.17, 15) is 9.90 Å². The molecule has 2 aliphatic rings. The van der Waals surface area contributed by atoms with Gasteiger partial charge in [-0.15, -0.1) is 0 Å². The number of carbonyl (C=O) groups excluding carboxylic acids is 1. The van der Waals surface area contributed by atoms with Gasteiger partial charge in [0, 0.05) is 51.9 Å². The molecule has 32 heavy (non-hydrogen) atoms. The van der Waals surface area contributed by atoms with Gasteiger partial charge >= 0.3 is 0 Å². The number of piperazine rings is 1. The first-order valence-corrected chi connectivity index (χ1v) is 11.7. The van der Waals surface area contributed by atoms with Gasteiger partial charge in [0.2, 0.25) is 0 Å². The predicted octanol–water partition coefficient (Wildman–Crippen LogP) is 3.65. The summed E-state index contributed by atoms with van der Waals surface area (Å²) in [5, 5.41) is 10.3. The number of ether oxygens (including phenoxy) is 1. The fourth-order valence-electron chi connectivity index (χ4n) is 4.54. The third-order valence-corrected chi connectivity index (χ3v) is 6.44. The monoisotopic (exact) mass is 437 g/mol. The minimum Gasteiger partial charge on any atom is -0.508 e. The van der Waals surface area contributed by atoms with E-state index in [0.717, 1.165) is 38.3 Å². The van der Waals surface area contributed by atoms with Crippen molar-refractivity contribution in [3.63, 3.8) is 0 Å². The smallest absolute Gasteiger partial charge is 0.258 e. The van der Waals surface area contributed by atoms with Crippen LogP contribution in [0.1, 0.15) is 53.4 Å². The molecular formula is C26H35N3O3. The lowest BCUT2D eigenvalue weighted by Gasteiger charge is -2.32. The number of fused-ring (bicyclic) bond motifs is 1. The Hall–Kier alpha value is -2.57. The summed E-state index contributed by atoms with van der Waals surface area (Å²) in [6.45, 7) is 12.4. The van der Waals surface area contributed by atoms with Crippen molar-refractivity contribution in [1.82, 2.24) is 14.7 Å². The first-order valence-electron chi connectivity index (χ1n) is 11.7. The minimum atomic E-state index is -0.0821. The molecule has 0 aliphatic carbocycles. The molecule has 1 fully saturated rings. The normalized spacial score (nSPS) is 17.1. The maximum absolute atomic E-state index is 13.5. The standard InChI is InChI=1S/C26H35N3O3/c1-5-20-13-23(25(14-24(20)30)32-18(2)3)26(31)29-16-21-7-6-19(12-22(21)17-29)15-28-10-8-27(4)9-11-28/h6-7,12-14,18,30H,5,8-11,15-17H2,1-4H3. The van der Waals surface area contributed by atoms with Crippen LogP contribution in [0.2, 0.25) is 0 Å². The molecule has 1 amide bonds. The van der Waals surface area contributed by atoms with Crippen LogP contribution in [0.25, 0.3) is 0 Å². The summed E-state index contributed by atoms with van der Waals surface area (Å²) in [6, 6.07) is 10.0. The van der Waals surface area contributed by atoms with Gasteiger partial charge in [0.05, 0.1) is 11.7 Å². The molecule has 4 rings (SSSR count). The molecule has 1 N–H and O–H groups in total. The van der Waals surface area contributed by atoms with Crippen LogP contribution in [0, 0.1) is 0 Å². The lowest BCUT2D eigenvalue weighted by Crippen LogP contribution is -2.43. The largest absolute Gasteiger partial charge is 0.508 e. The van der Waals surface area contributed by atoms with Gasteiger partial charge in [0.25, 0.3) is 5.91 Å². The van der Waals surface area contributed by atoms with Crippen LogP contribution in [0.5, 0.6) is 11.5 Å². The van der Waals surface area contributed by atoms with Crippen LogP contribution >= 0.6 is 0 Å². The van der Waals surface area contributed by atoms with Crippen molar-refractivity contribution in [1.29, 1.82) is 0 Å². The second kappa shape index (κ2) is 9.51. The van der Waals surface area contributed by atoms with E-state index in [1.165, 1.54) is 16.7 Å². The molecule has 2 aromatic rings. The first kappa shape index (κ1) is 22.6. The number of aryl methyl sites for hydroxylation is 1. The van der Waals surface area contributed by atoms with E-state index in [2.05, 4.69) is 35.0 Å². The summed E-state index contributed by atoms with van der Waals surface area (Å²) >= 11 is 0. The Labute approximate surface area is 191 Å². The Kier molecular flexibility index (Phi) is 6.72. The van der Waals surface area contributed by atoms with Crippen LogP contribution in [0.3, 0.4) is 0 Å². The van der Waals surface area contributed by atoms with Gasteiger partial charge in [-0.05, 0) is 55.6 Å². The second-order valence-corrected chi connectivity index (χ2v) is 9.34. The number of phenols is 1. The molecule has 0 saturated carbocycles. The molecule has 0 spiro atoms. The van der Waals surface area contributed by atoms with Gasteiger partial charge in [-0.25, -0.2) is 0 Å². The molecule has 172 valence electrons. The zero-order valence-corrected chi connectivity index (χ0v) is 19.7. The SMILES string of the molecule is CCc1cc(C(=O)N2Cc3ccc(CN4CCN(C)CC4)cc3C2)c(OC(C)C)cc1O. The Morgan fingerprint density at radius 2 is 1.78 bits per heavy atom. The van der Waals surface area contributed by atoms with Crippen molar-refractivity contribution in [3.8, 4) is 11.5 Å². The third kappa shape index (κ3) is 4.92. The fraction of sp³-hybridized carbons (Fsp3) is 0.500. The van der Waals surface area contributed by atoms with Crippen molar-refractivity contribution in [3.05, 3.63) is 58.1 Å². The van der Waals surface area contributed by atoms with Gasteiger partial charge in [0.15, 0.2) is 0 Å². The molecule has 6 nitrogen and oxygen atoms in total. The highest BCUT2D eigenvalue weighted by molar-refractivity contribution is 5.97. The predicted molar refractivity (Wildman–Crippen MR) is 126 cm³/mol. The van der Waals surface area contributed by atoms with Crippen LogP contribution in [0.15, 0.2) is 30.3 Å². The van der Waals surface area contributed by atoms with E-state index in [1.54, 1.807) is 12.1 Å². The summed E-state index contributed by atoms with van der Waals surface area (Å²) < 4.78 is 5.88. The van der Waals surface area contributed by atoms with Crippen molar-refractivity contribution in [2.45, 2.75) is 52.9 Å². The topological polar surface area (TPSA) is 56.3 Å². The number of rotatable bonds is 6. The summed E-state index contributed by atoms with van der Waals surface area (Å²) in [6.07, 6.45) is 0.575. The van der Waals surface area contributed by atoms with E-state index in [4.69, 9.17) is 4.74 Å². The van der Waals surface area contributed by atoms with Crippen LogP contribution in [0.4, 0.5) is 0 Å². The number of hydrogen-bond donors (Lipinski definition) is 1. The molecule has 0 atom stereocenters. The first-order chi connectivity index (χ1) is 15.3. The maximum atomic E-state index is 13.5. The molecule has 2 aliphatic heterocycles. The second-order valence-electron chi connectivity index (χ2n) is 9.34. The number of amides is 1. The fourth-order valence-corrected chi connectivity index (χ4v) is 4.54. The molecule has 2 aromatic carbocycles. The lowest BCUT2D eigenvalue weighted by atomic mass is 10.0. The van der Waals surface area contributed by atoms with Gasteiger partial charge in [-0.2, -0.15) is 0 Å². The average Bonchev–Trinajstić information content (AvgIpc) is 3.18. The molecule has 0 aromatic heterocycles. The summed E-state index contributed by atoms with van der Waals surface area (Å²) in [5.41, 5.74) is 5.03. The summed E-state index contributed by atoms with van der Waals surface area (Å²) in [7, 11) is 2.17. The average molecular weight is 438 g/mol. The van der Waals surface area contributed by atoms with Gasteiger partial charge in [-0.3, -0.25) is 9.69 Å². The lowest BCUT2D eigenvalue weighted by molar-refractivity contribution is 0.0745. The van der Waals surface area contributed by atoms with Gasteiger partial charge in [-0.1, -0.05) is 25.1 Å². The highest BCUT2D eigenvalue weighted by Gasteiger charge is 2.28. The Morgan fingerprint density at radius 3 is 2.47 bits per heavy atom. The molecule has 0 unspecified atom stereocenters. The highest BCUT2D eigenvalue weighted by atomic mass is 16.5. The number of hydrogen-bond acceptors (Lipinski definition) is 5. The van der Waals surface area contributed by atoms with Crippen molar-refractivity contribution in [2.75, 3.05) is 33.2 Å². The number of carbonyl (C=O) groups is 1. The number of nitrogens with zero attached hydrogens (tertiary/aromatic N) is 3. The van der Waals surface area contributed by atoms with E-state index >= 15 is 0 Å². The zero-order valence-electron chi connectivity index (χ0n) is 19.7. The molecule has 6 heteroatoms. The van der Waals surface area contributed by atoms with Crippen LogP contribution in [-0.4, -0.2) is 65.0 Å². The van der Waals surface area contributed by atoms with Crippen LogP contribution in [-0.2, 0) is 26.1 Å².